The molecule has 0 N–H and O–H groups in total. The Balaban J connectivity index is 2.60. The molecule has 19 heavy (non-hydrogen) atoms. The molecule has 0 atom stereocenters. The largest absolute Gasteiger partial charge is 0.311 e. The minimum absolute atomic E-state index is 0.00298. The highest BCUT2D eigenvalue weighted by Gasteiger charge is 2.10. The molecule has 2 rings (SSSR count). The summed E-state index contributed by atoms with van der Waals surface area (Å²) in [4.78, 5) is 22.3. The number of nitro groups is 1. The molecule has 0 radical (unpaired) electrons. The molecule has 0 spiro atoms. The molecule has 0 saturated heterocycles. The molecule has 1 aromatic heterocycles. The molecule has 0 aliphatic heterocycles. The molecule has 98 valence electrons. The first-order chi connectivity index (χ1) is 9.04. The van der Waals surface area contributed by atoms with Gasteiger partial charge in [-0.05, 0) is 6.07 Å². The third-order valence-corrected chi connectivity index (χ3v) is 3.25. The first-order valence-electron chi connectivity index (χ1n) is 5.59. The average molecular weight is 276 g/mol. The Labute approximate surface area is 115 Å². The Morgan fingerprint density at radius 3 is 2.68 bits per heavy atom. The Kier molecular flexibility index (Phi) is 3.71. The van der Waals surface area contributed by atoms with Gasteiger partial charge in [-0.1, -0.05) is 18.2 Å². The number of thiol groups is 1. The van der Waals surface area contributed by atoms with Crippen LogP contribution in [0.2, 0.25) is 0 Å². The highest BCUT2D eigenvalue weighted by Crippen LogP contribution is 2.22. The highest BCUT2D eigenvalue weighted by molar-refractivity contribution is 7.79. The van der Waals surface area contributed by atoms with E-state index in [2.05, 4.69) is 12.6 Å². The number of rotatable bonds is 3. The Hall–Kier alpha value is -2.08. The van der Waals surface area contributed by atoms with Crippen molar-refractivity contribution in [3.05, 3.63) is 62.4 Å². The number of nitro benzene ring substituents is 1. The SMILES string of the molecule is Cn1c(-c2cccc([N+](=O)[O-])c2)ccc(CS)c1=O. The molecular formula is C13H12N2O3S. The lowest BCUT2D eigenvalue weighted by molar-refractivity contribution is -0.384. The summed E-state index contributed by atoms with van der Waals surface area (Å²) in [6, 6.07) is 9.68. The lowest BCUT2D eigenvalue weighted by Gasteiger charge is -2.09. The number of benzene rings is 1. The van der Waals surface area contributed by atoms with Gasteiger partial charge >= 0.3 is 0 Å². The lowest BCUT2D eigenvalue weighted by Crippen LogP contribution is -2.21. The fourth-order valence-electron chi connectivity index (χ4n) is 1.88. The van der Waals surface area contributed by atoms with E-state index in [4.69, 9.17) is 0 Å². The van der Waals surface area contributed by atoms with Crippen LogP contribution < -0.4 is 5.56 Å². The van der Waals surface area contributed by atoms with Gasteiger partial charge in [-0.15, -0.1) is 0 Å². The summed E-state index contributed by atoms with van der Waals surface area (Å²) in [7, 11) is 1.64. The Bertz CT molecular complexity index is 695. The lowest BCUT2D eigenvalue weighted by atomic mass is 10.1. The molecule has 1 heterocycles. The summed E-state index contributed by atoms with van der Waals surface area (Å²) in [5.74, 6) is 0.363. The van der Waals surface area contributed by atoms with Crippen LogP contribution in [-0.4, -0.2) is 9.49 Å². The fourth-order valence-corrected chi connectivity index (χ4v) is 2.12. The molecule has 0 aliphatic carbocycles. The van der Waals surface area contributed by atoms with Crippen LogP contribution in [0.4, 0.5) is 5.69 Å². The predicted octanol–water partition coefficient (Wildman–Crippen LogP) is 2.39. The number of non-ortho nitro benzene ring substituents is 1. The normalized spacial score (nSPS) is 10.4. The van der Waals surface area contributed by atoms with Gasteiger partial charge in [0.25, 0.3) is 11.2 Å². The van der Waals surface area contributed by atoms with E-state index < -0.39 is 4.92 Å². The summed E-state index contributed by atoms with van der Waals surface area (Å²) in [5.41, 5.74) is 1.74. The van der Waals surface area contributed by atoms with Gasteiger partial charge in [0.1, 0.15) is 0 Å². The molecule has 0 unspecified atom stereocenters. The van der Waals surface area contributed by atoms with Crippen LogP contribution in [0.3, 0.4) is 0 Å². The summed E-state index contributed by atoms with van der Waals surface area (Å²) in [5, 5.41) is 10.8. The van der Waals surface area contributed by atoms with Crippen molar-refractivity contribution in [2.45, 2.75) is 5.75 Å². The van der Waals surface area contributed by atoms with Crippen molar-refractivity contribution >= 4 is 18.3 Å². The van der Waals surface area contributed by atoms with Gasteiger partial charge in [-0.3, -0.25) is 14.9 Å². The van der Waals surface area contributed by atoms with Crippen molar-refractivity contribution in [1.29, 1.82) is 0 Å². The van der Waals surface area contributed by atoms with Crippen molar-refractivity contribution in [2.75, 3.05) is 0 Å². The van der Waals surface area contributed by atoms with Crippen molar-refractivity contribution in [3.63, 3.8) is 0 Å². The summed E-state index contributed by atoms with van der Waals surface area (Å²) < 4.78 is 1.48. The average Bonchev–Trinajstić information content (AvgIpc) is 2.42. The van der Waals surface area contributed by atoms with Crippen LogP contribution in [0, 0.1) is 10.1 Å². The quantitative estimate of drug-likeness (QED) is 0.532. The standard InChI is InChI=1S/C13H12N2O3S/c1-14-12(6-5-10(8-19)13(14)16)9-3-2-4-11(7-9)15(17)18/h2-7,19H,8H2,1H3. The molecule has 0 amide bonds. The van der Waals surface area contributed by atoms with E-state index in [0.29, 0.717) is 22.6 Å². The molecule has 0 bridgehead atoms. The van der Waals surface area contributed by atoms with E-state index in [-0.39, 0.29) is 11.2 Å². The monoisotopic (exact) mass is 276 g/mol. The van der Waals surface area contributed by atoms with Crippen molar-refractivity contribution in [2.24, 2.45) is 7.05 Å². The van der Waals surface area contributed by atoms with E-state index >= 15 is 0 Å². The maximum atomic E-state index is 12.0. The number of pyridine rings is 1. The minimum atomic E-state index is -0.455. The van der Waals surface area contributed by atoms with Crippen LogP contribution in [0.1, 0.15) is 5.56 Å². The highest BCUT2D eigenvalue weighted by atomic mass is 32.1. The van der Waals surface area contributed by atoms with Gasteiger partial charge in [0.15, 0.2) is 0 Å². The molecule has 0 aliphatic rings. The van der Waals surface area contributed by atoms with Crippen molar-refractivity contribution in [3.8, 4) is 11.3 Å². The van der Waals surface area contributed by atoms with Crippen molar-refractivity contribution < 1.29 is 4.92 Å². The van der Waals surface area contributed by atoms with Crippen LogP contribution >= 0.6 is 12.6 Å². The van der Waals surface area contributed by atoms with E-state index in [9.17, 15) is 14.9 Å². The third kappa shape index (κ3) is 2.53. The third-order valence-electron chi connectivity index (χ3n) is 2.91. The summed E-state index contributed by atoms with van der Waals surface area (Å²) in [6.45, 7) is 0. The first-order valence-corrected chi connectivity index (χ1v) is 6.22. The number of nitrogens with zero attached hydrogens (tertiary/aromatic N) is 2. The Morgan fingerprint density at radius 1 is 1.32 bits per heavy atom. The van der Waals surface area contributed by atoms with E-state index in [1.54, 1.807) is 31.3 Å². The second-order valence-corrected chi connectivity index (χ2v) is 4.39. The van der Waals surface area contributed by atoms with Gasteiger partial charge < -0.3 is 4.57 Å². The Morgan fingerprint density at radius 2 is 2.05 bits per heavy atom. The zero-order valence-corrected chi connectivity index (χ0v) is 11.1. The van der Waals surface area contributed by atoms with Gasteiger partial charge in [0.2, 0.25) is 0 Å². The topological polar surface area (TPSA) is 65.1 Å². The molecular weight excluding hydrogens is 264 g/mol. The molecule has 5 nitrogen and oxygen atoms in total. The maximum absolute atomic E-state index is 12.0. The maximum Gasteiger partial charge on any atom is 0.270 e. The van der Waals surface area contributed by atoms with Crippen LogP contribution in [0.5, 0.6) is 0 Å². The molecule has 1 aromatic carbocycles. The van der Waals surface area contributed by atoms with Gasteiger partial charge in [0, 0.05) is 36.1 Å². The zero-order chi connectivity index (χ0) is 14.0. The van der Waals surface area contributed by atoms with Gasteiger partial charge in [-0.25, -0.2) is 0 Å². The van der Waals surface area contributed by atoms with Crippen LogP contribution in [0.15, 0.2) is 41.2 Å². The van der Waals surface area contributed by atoms with Gasteiger partial charge in [0.05, 0.1) is 10.6 Å². The summed E-state index contributed by atoms with van der Waals surface area (Å²) in [6.07, 6.45) is 0. The number of hydrogen-bond acceptors (Lipinski definition) is 4. The van der Waals surface area contributed by atoms with Gasteiger partial charge in [-0.2, -0.15) is 12.6 Å². The zero-order valence-electron chi connectivity index (χ0n) is 10.2. The van der Waals surface area contributed by atoms with Crippen LogP contribution in [0.25, 0.3) is 11.3 Å². The molecule has 0 saturated carbocycles. The van der Waals surface area contributed by atoms with E-state index in [1.807, 2.05) is 0 Å². The van der Waals surface area contributed by atoms with E-state index in [1.165, 1.54) is 16.7 Å². The molecule has 6 heteroatoms. The molecule has 2 aromatic rings. The van der Waals surface area contributed by atoms with Crippen molar-refractivity contribution in [1.82, 2.24) is 4.57 Å². The smallest absolute Gasteiger partial charge is 0.270 e. The first kappa shape index (κ1) is 13.4. The second-order valence-electron chi connectivity index (χ2n) is 4.07. The molecule has 0 fully saturated rings. The fraction of sp³-hybridized carbons (Fsp3) is 0.154. The second kappa shape index (κ2) is 5.27. The minimum Gasteiger partial charge on any atom is -0.311 e. The summed E-state index contributed by atoms with van der Waals surface area (Å²) >= 11 is 4.09. The number of aromatic nitrogens is 1. The predicted molar refractivity (Wildman–Crippen MR) is 76.5 cm³/mol. The number of hydrogen-bond donors (Lipinski definition) is 1. The van der Waals surface area contributed by atoms with Crippen LogP contribution in [-0.2, 0) is 12.8 Å². The van der Waals surface area contributed by atoms with E-state index in [0.717, 1.165) is 0 Å².